The molecule has 2 nitrogen and oxygen atoms in total. The quantitative estimate of drug-likeness (QED) is 0.211. The molecular weight excluding hydrogens is 492 g/mol. The molecule has 0 aliphatic heterocycles. The Labute approximate surface area is 225 Å². The summed E-state index contributed by atoms with van der Waals surface area (Å²) in [5, 5.41) is 0. The SMILES string of the molecule is CCCCOc1ccc(OCC2CCC(C3CCC(c4ccc(CCC)c(F)c4F)CC3)CC2)c(F)c1F. The predicted octanol–water partition coefficient (Wildman–Crippen LogP) is 9.53. The first-order chi connectivity index (χ1) is 18.4. The molecule has 4 rings (SSSR count). The van der Waals surface area contributed by atoms with E-state index in [-0.39, 0.29) is 17.4 Å². The smallest absolute Gasteiger partial charge is 0.204 e. The molecule has 0 saturated heterocycles. The second kappa shape index (κ2) is 13.7. The average molecular weight is 535 g/mol. The molecule has 0 spiro atoms. The first kappa shape index (κ1) is 28.8. The summed E-state index contributed by atoms with van der Waals surface area (Å²) in [6.07, 6.45) is 11.2. The Morgan fingerprint density at radius 3 is 1.87 bits per heavy atom. The highest BCUT2D eigenvalue weighted by atomic mass is 19.2. The van der Waals surface area contributed by atoms with Gasteiger partial charge in [0, 0.05) is 0 Å². The van der Waals surface area contributed by atoms with E-state index in [1.165, 1.54) is 12.1 Å². The van der Waals surface area contributed by atoms with Crippen LogP contribution in [0.3, 0.4) is 0 Å². The molecule has 0 bridgehead atoms. The summed E-state index contributed by atoms with van der Waals surface area (Å²) in [5.41, 5.74) is 1.02. The lowest BCUT2D eigenvalue weighted by molar-refractivity contribution is 0.129. The molecule has 2 aliphatic carbocycles. The van der Waals surface area contributed by atoms with Crippen molar-refractivity contribution in [3.63, 3.8) is 0 Å². The highest BCUT2D eigenvalue weighted by molar-refractivity contribution is 5.35. The van der Waals surface area contributed by atoms with Crippen LogP contribution in [0.2, 0.25) is 0 Å². The Morgan fingerprint density at radius 1 is 0.658 bits per heavy atom. The Kier molecular flexibility index (Phi) is 10.4. The molecule has 2 saturated carbocycles. The molecule has 6 heteroatoms. The van der Waals surface area contributed by atoms with Gasteiger partial charge in [0.15, 0.2) is 23.1 Å². The van der Waals surface area contributed by atoms with E-state index in [1.54, 1.807) is 12.1 Å². The predicted molar refractivity (Wildman–Crippen MR) is 143 cm³/mol. The van der Waals surface area contributed by atoms with Crippen molar-refractivity contribution < 1.29 is 27.0 Å². The topological polar surface area (TPSA) is 18.5 Å². The third kappa shape index (κ3) is 6.84. The minimum Gasteiger partial charge on any atom is -0.490 e. The third-order valence-electron chi connectivity index (χ3n) is 8.72. The van der Waals surface area contributed by atoms with E-state index in [4.69, 9.17) is 9.47 Å². The van der Waals surface area contributed by atoms with E-state index in [2.05, 4.69) is 0 Å². The van der Waals surface area contributed by atoms with Gasteiger partial charge < -0.3 is 9.47 Å². The van der Waals surface area contributed by atoms with Crippen LogP contribution >= 0.6 is 0 Å². The monoisotopic (exact) mass is 534 g/mol. The molecule has 0 atom stereocenters. The van der Waals surface area contributed by atoms with Crippen molar-refractivity contribution in [1.29, 1.82) is 0 Å². The summed E-state index contributed by atoms with van der Waals surface area (Å²) < 4.78 is 69.0. The van der Waals surface area contributed by atoms with Crippen LogP contribution in [-0.4, -0.2) is 13.2 Å². The van der Waals surface area contributed by atoms with Crippen LogP contribution in [0.15, 0.2) is 24.3 Å². The lowest BCUT2D eigenvalue weighted by atomic mass is 9.68. The number of unbranched alkanes of at least 4 members (excludes halogenated alkanes) is 1. The largest absolute Gasteiger partial charge is 0.490 e. The fourth-order valence-electron chi connectivity index (χ4n) is 6.38. The molecule has 210 valence electrons. The third-order valence-corrected chi connectivity index (χ3v) is 8.72. The fourth-order valence-corrected chi connectivity index (χ4v) is 6.38. The number of rotatable bonds is 11. The first-order valence-electron chi connectivity index (χ1n) is 14.6. The van der Waals surface area contributed by atoms with Gasteiger partial charge in [0.1, 0.15) is 0 Å². The van der Waals surface area contributed by atoms with Gasteiger partial charge in [-0.1, -0.05) is 38.8 Å². The van der Waals surface area contributed by atoms with Crippen molar-refractivity contribution in [2.24, 2.45) is 17.8 Å². The first-order valence-corrected chi connectivity index (χ1v) is 14.6. The zero-order valence-corrected chi connectivity index (χ0v) is 22.8. The Bertz CT molecular complexity index is 1040. The lowest BCUT2D eigenvalue weighted by Crippen LogP contribution is -2.27. The van der Waals surface area contributed by atoms with E-state index in [9.17, 15) is 17.6 Å². The minimum atomic E-state index is -0.988. The number of ether oxygens (including phenoxy) is 2. The van der Waals surface area contributed by atoms with Crippen LogP contribution in [0, 0.1) is 41.0 Å². The van der Waals surface area contributed by atoms with Crippen molar-refractivity contribution in [3.8, 4) is 11.5 Å². The van der Waals surface area contributed by atoms with Crippen LogP contribution < -0.4 is 9.47 Å². The fraction of sp³-hybridized carbons (Fsp3) is 0.625. The van der Waals surface area contributed by atoms with Crippen molar-refractivity contribution in [2.45, 2.75) is 96.8 Å². The van der Waals surface area contributed by atoms with Gasteiger partial charge in [-0.2, -0.15) is 8.78 Å². The molecule has 0 aromatic heterocycles. The van der Waals surface area contributed by atoms with Crippen LogP contribution in [0.5, 0.6) is 11.5 Å². The standard InChI is InChI=1S/C32H42F4O2/c1-3-5-19-37-27-17-18-28(32(36)31(27)35)38-20-21-7-9-22(10-8-21)23-11-13-24(14-12-23)26-16-15-25(6-4-2)29(33)30(26)34/h15-18,21-24H,3-14,19-20H2,1-2H3. The second-order valence-corrected chi connectivity index (χ2v) is 11.3. The number of aryl methyl sites for hydroxylation is 1. The van der Waals surface area contributed by atoms with Crippen LogP contribution in [0.1, 0.15) is 102 Å². The minimum absolute atomic E-state index is 0.0582. The highest BCUT2D eigenvalue weighted by Crippen LogP contribution is 2.44. The van der Waals surface area contributed by atoms with Crippen molar-refractivity contribution in [1.82, 2.24) is 0 Å². The summed E-state index contributed by atoms with van der Waals surface area (Å²) in [7, 11) is 0. The maximum absolute atomic E-state index is 14.8. The van der Waals surface area contributed by atoms with Crippen molar-refractivity contribution in [2.75, 3.05) is 13.2 Å². The molecule has 38 heavy (non-hydrogen) atoms. The van der Waals surface area contributed by atoms with E-state index >= 15 is 0 Å². The Morgan fingerprint density at radius 2 is 1.26 bits per heavy atom. The summed E-state index contributed by atoms with van der Waals surface area (Å²) in [6.45, 7) is 4.72. The van der Waals surface area contributed by atoms with Crippen LogP contribution in [0.4, 0.5) is 17.6 Å². The summed E-state index contributed by atoms with van der Waals surface area (Å²) >= 11 is 0. The zero-order chi connectivity index (χ0) is 27.1. The molecule has 0 heterocycles. The molecule has 0 radical (unpaired) electrons. The van der Waals surface area contributed by atoms with Gasteiger partial charge in [-0.15, -0.1) is 0 Å². The molecule has 2 aromatic rings. The molecular formula is C32H42F4O2. The van der Waals surface area contributed by atoms with Gasteiger partial charge in [-0.25, -0.2) is 8.78 Å². The molecule has 2 aliphatic rings. The molecule has 0 N–H and O–H groups in total. The summed E-state index contributed by atoms with van der Waals surface area (Å²) in [4.78, 5) is 0. The maximum atomic E-state index is 14.8. The summed E-state index contributed by atoms with van der Waals surface area (Å²) in [5.74, 6) is -1.73. The van der Waals surface area contributed by atoms with Crippen LogP contribution in [0.25, 0.3) is 0 Å². The Hall–Kier alpha value is -2.24. The average Bonchev–Trinajstić information content (AvgIpc) is 2.94. The van der Waals surface area contributed by atoms with Gasteiger partial charge in [-0.05, 0) is 111 Å². The van der Waals surface area contributed by atoms with Crippen LogP contribution in [-0.2, 0) is 6.42 Å². The van der Waals surface area contributed by atoms with Gasteiger partial charge in [0.25, 0.3) is 0 Å². The highest BCUT2D eigenvalue weighted by Gasteiger charge is 2.33. The van der Waals surface area contributed by atoms with Gasteiger partial charge >= 0.3 is 0 Å². The summed E-state index contributed by atoms with van der Waals surface area (Å²) in [6, 6.07) is 6.47. The normalized spacial score (nSPS) is 23.8. The molecule has 2 fully saturated rings. The molecule has 0 amide bonds. The van der Waals surface area contributed by atoms with Gasteiger partial charge in [-0.3, -0.25) is 0 Å². The molecule has 0 unspecified atom stereocenters. The second-order valence-electron chi connectivity index (χ2n) is 11.3. The number of halogens is 4. The Balaban J connectivity index is 1.22. The van der Waals surface area contributed by atoms with E-state index in [1.807, 2.05) is 13.8 Å². The number of hydrogen-bond donors (Lipinski definition) is 0. The van der Waals surface area contributed by atoms with E-state index in [0.29, 0.717) is 48.5 Å². The van der Waals surface area contributed by atoms with E-state index in [0.717, 1.165) is 70.6 Å². The molecule has 2 aromatic carbocycles. The van der Waals surface area contributed by atoms with Crippen molar-refractivity contribution >= 4 is 0 Å². The number of hydrogen-bond acceptors (Lipinski definition) is 2. The van der Waals surface area contributed by atoms with E-state index < -0.39 is 23.3 Å². The maximum Gasteiger partial charge on any atom is 0.204 e. The lowest BCUT2D eigenvalue weighted by Gasteiger charge is -2.38. The number of benzene rings is 2. The van der Waals surface area contributed by atoms with Crippen molar-refractivity contribution in [3.05, 3.63) is 58.7 Å². The van der Waals surface area contributed by atoms with Gasteiger partial charge in [0.2, 0.25) is 11.6 Å². The van der Waals surface area contributed by atoms with Gasteiger partial charge in [0.05, 0.1) is 13.2 Å². The zero-order valence-electron chi connectivity index (χ0n) is 22.8.